The van der Waals surface area contributed by atoms with Crippen LogP contribution in [0.4, 0.5) is 0 Å². The van der Waals surface area contributed by atoms with Gasteiger partial charge < -0.3 is 20.3 Å². The predicted molar refractivity (Wildman–Crippen MR) is 66.3 cm³/mol. The maximum atomic E-state index is 11.9. The Kier molecular flexibility index (Phi) is 3.92. The number of phenols is 1. The van der Waals surface area contributed by atoms with E-state index in [1.807, 2.05) is 0 Å². The molecule has 19 heavy (non-hydrogen) atoms. The van der Waals surface area contributed by atoms with Crippen LogP contribution < -0.4 is 5.32 Å². The summed E-state index contributed by atoms with van der Waals surface area (Å²) in [5.74, 6) is -2.34. The number of carbonyl (C=O) groups excluding carboxylic acids is 1. The van der Waals surface area contributed by atoms with E-state index in [1.54, 1.807) is 0 Å². The number of benzene rings is 1. The molecule has 1 aliphatic rings. The standard InChI is InChI=1S/C12H12ClNO5/c13-8-3-6(1-2-10(8)15)11(16)14-9-5-19-4-7(9)12(17)18/h1-3,7,9,15H,4-5H2,(H,14,16)(H,17,18). The summed E-state index contributed by atoms with van der Waals surface area (Å²) < 4.78 is 5.05. The lowest BCUT2D eigenvalue weighted by Crippen LogP contribution is -2.42. The number of carboxylic acid groups (broad SMARTS) is 1. The fraction of sp³-hybridized carbons (Fsp3) is 0.333. The Morgan fingerprint density at radius 2 is 2.11 bits per heavy atom. The minimum atomic E-state index is -1.01. The van der Waals surface area contributed by atoms with Crippen molar-refractivity contribution in [3.63, 3.8) is 0 Å². The highest BCUT2D eigenvalue weighted by molar-refractivity contribution is 6.32. The summed E-state index contributed by atoms with van der Waals surface area (Å²) in [6, 6.07) is 3.45. The normalized spacial score (nSPS) is 22.2. The smallest absolute Gasteiger partial charge is 0.311 e. The molecule has 0 aromatic heterocycles. The molecule has 1 saturated heterocycles. The second kappa shape index (κ2) is 5.46. The molecule has 1 aromatic rings. The number of aromatic hydroxyl groups is 1. The van der Waals surface area contributed by atoms with Crippen LogP contribution in [-0.4, -0.2) is 41.3 Å². The maximum absolute atomic E-state index is 11.9. The first-order valence-corrected chi connectivity index (χ1v) is 5.96. The number of phenolic OH excluding ortho intramolecular Hbond substituents is 1. The topological polar surface area (TPSA) is 95.9 Å². The third-order valence-corrected chi connectivity index (χ3v) is 3.23. The van der Waals surface area contributed by atoms with Crippen LogP contribution in [0, 0.1) is 5.92 Å². The number of halogens is 1. The molecule has 0 spiro atoms. The van der Waals surface area contributed by atoms with Crippen molar-refractivity contribution in [2.24, 2.45) is 5.92 Å². The summed E-state index contributed by atoms with van der Waals surface area (Å²) in [4.78, 5) is 22.9. The molecule has 1 fully saturated rings. The van der Waals surface area contributed by atoms with E-state index in [4.69, 9.17) is 21.4 Å². The fourth-order valence-electron chi connectivity index (χ4n) is 1.84. The molecular weight excluding hydrogens is 274 g/mol. The second-order valence-electron chi connectivity index (χ2n) is 4.23. The van der Waals surface area contributed by atoms with E-state index < -0.39 is 23.8 Å². The van der Waals surface area contributed by atoms with Gasteiger partial charge in [-0.15, -0.1) is 0 Å². The third-order valence-electron chi connectivity index (χ3n) is 2.92. The minimum absolute atomic E-state index is 0.0603. The van der Waals surface area contributed by atoms with Crippen LogP contribution in [0.5, 0.6) is 5.75 Å². The van der Waals surface area contributed by atoms with Crippen LogP contribution in [-0.2, 0) is 9.53 Å². The van der Waals surface area contributed by atoms with Gasteiger partial charge in [0.15, 0.2) is 0 Å². The average molecular weight is 286 g/mol. The predicted octanol–water partition coefficient (Wildman–Crippen LogP) is 0.875. The van der Waals surface area contributed by atoms with E-state index in [0.29, 0.717) is 0 Å². The molecule has 3 N–H and O–H groups in total. The Morgan fingerprint density at radius 3 is 2.74 bits per heavy atom. The molecule has 1 aliphatic heterocycles. The maximum Gasteiger partial charge on any atom is 0.311 e. The Morgan fingerprint density at radius 1 is 1.37 bits per heavy atom. The van der Waals surface area contributed by atoms with Gasteiger partial charge in [-0.1, -0.05) is 11.6 Å². The Balaban J connectivity index is 2.08. The molecular formula is C12H12ClNO5. The van der Waals surface area contributed by atoms with Crippen molar-refractivity contribution in [1.82, 2.24) is 5.32 Å². The lowest BCUT2D eigenvalue weighted by Gasteiger charge is -2.15. The van der Waals surface area contributed by atoms with Gasteiger partial charge in [0.05, 0.1) is 24.3 Å². The van der Waals surface area contributed by atoms with E-state index in [-0.39, 0.29) is 29.5 Å². The van der Waals surface area contributed by atoms with E-state index in [2.05, 4.69) is 5.32 Å². The van der Waals surface area contributed by atoms with Crippen molar-refractivity contribution in [3.05, 3.63) is 28.8 Å². The highest BCUT2D eigenvalue weighted by Gasteiger charge is 2.35. The van der Waals surface area contributed by atoms with Gasteiger partial charge in [0.1, 0.15) is 11.7 Å². The van der Waals surface area contributed by atoms with Crippen molar-refractivity contribution < 1.29 is 24.5 Å². The summed E-state index contributed by atoms with van der Waals surface area (Å²) in [6.07, 6.45) is 0. The first-order chi connectivity index (χ1) is 8.99. The number of rotatable bonds is 3. The Hall–Kier alpha value is -1.79. The van der Waals surface area contributed by atoms with Gasteiger partial charge in [-0.05, 0) is 18.2 Å². The first-order valence-electron chi connectivity index (χ1n) is 5.59. The van der Waals surface area contributed by atoms with E-state index in [0.717, 1.165) is 0 Å². The molecule has 2 unspecified atom stereocenters. The average Bonchev–Trinajstić information content (AvgIpc) is 2.80. The quantitative estimate of drug-likeness (QED) is 0.766. The minimum Gasteiger partial charge on any atom is -0.506 e. The molecule has 6 nitrogen and oxygen atoms in total. The number of ether oxygens (including phenoxy) is 1. The number of carboxylic acids is 1. The van der Waals surface area contributed by atoms with Crippen molar-refractivity contribution >= 4 is 23.5 Å². The lowest BCUT2D eigenvalue weighted by atomic mass is 10.0. The van der Waals surface area contributed by atoms with Crippen molar-refractivity contribution in [1.29, 1.82) is 0 Å². The molecule has 1 aromatic carbocycles. The van der Waals surface area contributed by atoms with E-state index in [9.17, 15) is 14.7 Å². The fourth-order valence-corrected chi connectivity index (χ4v) is 2.02. The molecule has 0 aliphatic carbocycles. The molecule has 2 rings (SSSR count). The van der Waals surface area contributed by atoms with Gasteiger partial charge in [0, 0.05) is 5.56 Å². The molecule has 1 heterocycles. The van der Waals surface area contributed by atoms with Crippen LogP contribution in [0.2, 0.25) is 5.02 Å². The summed E-state index contributed by atoms with van der Waals surface area (Å²) in [5, 5.41) is 20.9. The molecule has 7 heteroatoms. The van der Waals surface area contributed by atoms with Gasteiger partial charge in [-0.2, -0.15) is 0 Å². The number of amides is 1. The van der Waals surface area contributed by atoms with Crippen LogP contribution >= 0.6 is 11.6 Å². The molecule has 0 radical (unpaired) electrons. The SMILES string of the molecule is O=C(NC1COCC1C(=O)O)c1ccc(O)c(Cl)c1. The third kappa shape index (κ3) is 2.97. The zero-order chi connectivity index (χ0) is 14.0. The van der Waals surface area contributed by atoms with Gasteiger partial charge in [-0.3, -0.25) is 9.59 Å². The van der Waals surface area contributed by atoms with Crippen molar-refractivity contribution in [3.8, 4) is 5.75 Å². The van der Waals surface area contributed by atoms with Crippen LogP contribution in [0.3, 0.4) is 0 Å². The Labute approximate surface area is 113 Å². The van der Waals surface area contributed by atoms with Crippen molar-refractivity contribution in [2.45, 2.75) is 6.04 Å². The van der Waals surface area contributed by atoms with Gasteiger partial charge in [0.2, 0.25) is 0 Å². The van der Waals surface area contributed by atoms with E-state index in [1.165, 1.54) is 18.2 Å². The second-order valence-corrected chi connectivity index (χ2v) is 4.64. The number of aliphatic carboxylic acids is 1. The molecule has 0 saturated carbocycles. The van der Waals surface area contributed by atoms with Gasteiger partial charge >= 0.3 is 5.97 Å². The van der Waals surface area contributed by atoms with Crippen molar-refractivity contribution in [2.75, 3.05) is 13.2 Å². The summed E-state index contributed by atoms with van der Waals surface area (Å²) in [5.41, 5.74) is 0.249. The summed E-state index contributed by atoms with van der Waals surface area (Å²) in [7, 11) is 0. The number of hydrogen-bond acceptors (Lipinski definition) is 4. The molecule has 2 atom stereocenters. The van der Waals surface area contributed by atoms with Crippen LogP contribution in [0.25, 0.3) is 0 Å². The van der Waals surface area contributed by atoms with Crippen LogP contribution in [0.15, 0.2) is 18.2 Å². The van der Waals surface area contributed by atoms with Gasteiger partial charge in [-0.25, -0.2) is 0 Å². The first kappa shape index (κ1) is 13.6. The summed E-state index contributed by atoms with van der Waals surface area (Å²) >= 11 is 5.70. The molecule has 0 bridgehead atoms. The number of hydrogen-bond donors (Lipinski definition) is 3. The number of carbonyl (C=O) groups is 2. The Bertz CT molecular complexity index is 519. The highest BCUT2D eigenvalue weighted by atomic mass is 35.5. The van der Waals surface area contributed by atoms with Gasteiger partial charge in [0.25, 0.3) is 5.91 Å². The van der Waals surface area contributed by atoms with E-state index >= 15 is 0 Å². The zero-order valence-corrected chi connectivity index (χ0v) is 10.6. The monoisotopic (exact) mass is 285 g/mol. The zero-order valence-electron chi connectivity index (χ0n) is 9.80. The summed E-state index contributed by atoms with van der Waals surface area (Å²) in [6.45, 7) is 0.241. The number of nitrogens with one attached hydrogen (secondary N) is 1. The lowest BCUT2D eigenvalue weighted by molar-refractivity contribution is -0.142. The highest BCUT2D eigenvalue weighted by Crippen LogP contribution is 2.24. The molecule has 1 amide bonds. The largest absolute Gasteiger partial charge is 0.506 e. The molecule has 102 valence electrons. The van der Waals surface area contributed by atoms with Crippen LogP contribution in [0.1, 0.15) is 10.4 Å².